The Balaban J connectivity index is 1.24. The molecule has 1 atom stereocenters. The zero-order chi connectivity index (χ0) is 33.0. The third-order valence-electron chi connectivity index (χ3n) is 7.63. The van der Waals surface area contributed by atoms with Gasteiger partial charge in [-0.3, -0.25) is 4.79 Å². The first-order valence-electron chi connectivity index (χ1n) is 14.9. The van der Waals surface area contributed by atoms with Crippen LogP contribution in [0.3, 0.4) is 0 Å². The number of benzene rings is 3. The zero-order valence-corrected chi connectivity index (χ0v) is 26.3. The minimum absolute atomic E-state index is 0.0310. The van der Waals surface area contributed by atoms with Gasteiger partial charge < -0.3 is 18.8 Å². The summed E-state index contributed by atoms with van der Waals surface area (Å²) < 4.78 is 74.8. The van der Waals surface area contributed by atoms with Crippen LogP contribution in [0.1, 0.15) is 34.9 Å². The molecule has 0 amide bonds. The molecule has 5 aromatic rings. The SMILES string of the molecule is Cc1cc(-c2cc(F)c(=O)n(Cc3ccc4c(c3)OCCO4)c2)nc(S(=O)(=O)CCC(OCc2ccccc2F)c2ccccc2)n1. The lowest BCUT2D eigenvalue weighted by atomic mass is 10.1. The predicted molar refractivity (Wildman–Crippen MR) is 170 cm³/mol. The van der Waals surface area contributed by atoms with Crippen LogP contribution in [-0.2, 0) is 27.7 Å². The Morgan fingerprint density at radius 1 is 0.894 bits per heavy atom. The molecule has 0 aliphatic carbocycles. The molecule has 0 N–H and O–H groups in total. The minimum Gasteiger partial charge on any atom is -0.486 e. The number of halogens is 2. The van der Waals surface area contributed by atoms with Gasteiger partial charge in [0.2, 0.25) is 15.0 Å². The quantitative estimate of drug-likeness (QED) is 0.163. The number of hydrogen-bond acceptors (Lipinski definition) is 8. The molecule has 1 unspecified atom stereocenters. The molecule has 6 rings (SSSR count). The summed E-state index contributed by atoms with van der Waals surface area (Å²) in [5.74, 6) is -0.679. The van der Waals surface area contributed by atoms with Crippen molar-refractivity contribution in [3.63, 3.8) is 0 Å². The van der Waals surface area contributed by atoms with Gasteiger partial charge in [0.15, 0.2) is 17.3 Å². The summed E-state index contributed by atoms with van der Waals surface area (Å²) in [4.78, 5) is 21.2. The van der Waals surface area contributed by atoms with Crippen molar-refractivity contribution in [1.82, 2.24) is 14.5 Å². The van der Waals surface area contributed by atoms with Crippen LogP contribution in [-0.4, -0.2) is 41.9 Å². The highest BCUT2D eigenvalue weighted by Crippen LogP contribution is 2.31. The molecule has 0 fully saturated rings. The van der Waals surface area contributed by atoms with Crippen LogP contribution < -0.4 is 15.0 Å². The average molecular weight is 660 g/mol. The Kier molecular flexibility index (Phi) is 9.41. The number of fused-ring (bicyclic) bond motifs is 1. The molecule has 47 heavy (non-hydrogen) atoms. The van der Waals surface area contributed by atoms with E-state index in [1.165, 1.54) is 22.9 Å². The van der Waals surface area contributed by atoms with Crippen LogP contribution in [0.2, 0.25) is 0 Å². The van der Waals surface area contributed by atoms with E-state index in [-0.39, 0.29) is 36.6 Å². The number of pyridine rings is 1. The second kappa shape index (κ2) is 13.8. The largest absolute Gasteiger partial charge is 0.486 e. The summed E-state index contributed by atoms with van der Waals surface area (Å²) in [6, 6.07) is 23.1. The zero-order valence-electron chi connectivity index (χ0n) is 25.4. The van der Waals surface area contributed by atoms with Crippen LogP contribution in [0.4, 0.5) is 8.78 Å². The first-order valence-corrected chi connectivity index (χ1v) is 16.6. The summed E-state index contributed by atoms with van der Waals surface area (Å²) in [5.41, 5.74) is 1.61. The van der Waals surface area contributed by atoms with Crippen molar-refractivity contribution in [2.45, 2.75) is 37.8 Å². The fraction of sp³-hybridized carbons (Fsp3) is 0.229. The molecule has 0 radical (unpaired) electrons. The number of aryl methyl sites for hydroxylation is 1. The van der Waals surface area contributed by atoms with Crippen molar-refractivity contribution in [2.75, 3.05) is 19.0 Å². The second-order valence-electron chi connectivity index (χ2n) is 11.1. The van der Waals surface area contributed by atoms with Crippen molar-refractivity contribution >= 4 is 9.84 Å². The van der Waals surface area contributed by atoms with Crippen molar-refractivity contribution in [2.24, 2.45) is 0 Å². The number of aromatic nitrogens is 3. The van der Waals surface area contributed by atoms with E-state index >= 15 is 0 Å². The third-order valence-corrected chi connectivity index (χ3v) is 9.14. The highest BCUT2D eigenvalue weighted by atomic mass is 32.2. The molecular formula is C35H31F2N3O6S. The highest BCUT2D eigenvalue weighted by molar-refractivity contribution is 7.91. The molecule has 2 aromatic heterocycles. The lowest BCUT2D eigenvalue weighted by Gasteiger charge is -2.19. The third kappa shape index (κ3) is 7.55. The standard InChI is InChI=1S/C35H31F2N3O6S/c1-23-17-30(27-19-29(37)34(41)40(21-27)20-24-11-12-32-33(18-24)45-15-14-44-32)39-35(38-23)47(42,43)16-13-31(25-7-3-2-4-8-25)46-22-26-9-5-6-10-28(26)36/h2-12,17-19,21,31H,13-16,20,22H2,1H3. The van der Waals surface area contributed by atoms with Gasteiger partial charge in [-0.1, -0.05) is 54.6 Å². The van der Waals surface area contributed by atoms with Gasteiger partial charge in [0.05, 0.1) is 30.7 Å². The molecule has 12 heteroatoms. The van der Waals surface area contributed by atoms with E-state index in [0.29, 0.717) is 41.5 Å². The number of rotatable bonds is 11. The van der Waals surface area contributed by atoms with Crippen molar-refractivity contribution in [3.05, 3.63) is 135 Å². The van der Waals surface area contributed by atoms with Gasteiger partial charge in [0.25, 0.3) is 5.56 Å². The predicted octanol–water partition coefficient (Wildman–Crippen LogP) is 5.83. The Bertz CT molecular complexity index is 2070. The molecule has 0 saturated carbocycles. The molecule has 0 spiro atoms. The van der Waals surface area contributed by atoms with E-state index in [4.69, 9.17) is 14.2 Å². The lowest BCUT2D eigenvalue weighted by Crippen LogP contribution is -2.23. The maximum Gasteiger partial charge on any atom is 0.286 e. The summed E-state index contributed by atoms with van der Waals surface area (Å²) in [6.45, 7) is 2.42. The molecule has 1 aliphatic heterocycles. The average Bonchev–Trinajstić information content (AvgIpc) is 3.07. The summed E-state index contributed by atoms with van der Waals surface area (Å²) >= 11 is 0. The first kappa shape index (κ1) is 32.0. The van der Waals surface area contributed by atoms with Crippen LogP contribution >= 0.6 is 0 Å². The fourth-order valence-electron chi connectivity index (χ4n) is 5.24. The monoisotopic (exact) mass is 659 g/mol. The Morgan fingerprint density at radius 3 is 2.43 bits per heavy atom. The number of ether oxygens (including phenoxy) is 3. The van der Waals surface area contributed by atoms with Crippen molar-refractivity contribution in [1.29, 1.82) is 0 Å². The van der Waals surface area contributed by atoms with Crippen molar-refractivity contribution < 1.29 is 31.4 Å². The fourth-order valence-corrected chi connectivity index (χ4v) is 6.47. The number of sulfone groups is 1. The van der Waals surface area contributed by atoms with Gasteiger partial charge in [-0.2, -0.15) is 0 Å². The van der Waals surface area contributed by atoms with Crippen molar-refractivity contribution in [3.8, 4) is 22.8 Å². The van der Waals surface area contributed by atoms with Gasteiger partial charge in [-0.25, -0.2) is 27.2 Å². The van der Waals surface area contributed by atoms with Gasteiger partial charge in [-0.15, -0.1) is 0 Å². The molecule has 0 saturated heterocycles. The van der Waals surface area contributed by atoms with Crippen LogP contribution in [0.15, 0.2) is 101 Å². The van der Waals surface area contributed by atoms with Gasteiger partial charge in [0, 0.05) is 23.0 Å². The Morgan fingerprint density at radius 2 is 1.64 bits per heavy atom. The van der Waals surface area contributed by atoms with E-state index in [1.54, 1.807) is 43.3 Å². The smallest absolute Gasteiger partial charge is 0.286 e. The minimum atomic E-state index is -4.06. The first-order chi connectivity index (χ1) is 22.7. The van der Waals surface area contributed by atoms with Crippen LogP contribution in [0, 0.1) is 18.6 Å². The summed E-state index contributed by atoms with van der Waals surface area (Å²) in [7, 11) is -4.06. The van der Waals surface area contributed by atoms with Gasteiger partial charge in [0.1, 0.15) is 19.0 Å². The maximum atomic E-state index is 15.0. The molecule has 1 aliphatic rings. The molecule has 3 heterocycles. The van der Waals surface area contributed by atoms with Gasteiger partial charge in [-0.05, 0) is 54.8 Å². The van der Waals surface area contributed by atoms with Gasteiger partial charge >= 0.3 is 0 Å². The topological polar surface area (TPSA) is 110 Å². The second-order valence-corrected chi connectivity index (χ2v) is 13.1. The summed E-state index contributed by atoms with van der Waals surface area (Å²) in [6.07, 6.45) is 0.818. The van der Waals surface area contributed by atoms with E-state index in [9.17, 15) is 22.0 Å². The molecule has 242 valence electrons. The molecule has 0 bridgehead atoms. The summed E-state index contributed by atoms with van der Waals surface area (Å²) in [5, 5.41) is -0.432. The van der Waals surface area contributed by atoms with E-state index in [0.717, 1.165) is 11.6 Å². The van der Waals surface area contributed by atoms with E-state index in [1.807, 2.05) is 30.3 Å². The Labute approximate surface area is 270 Å². The molecule has 3 aromatic carbocycles. The van der Waals surface area contributed by atoms with Crippen LogP contribution in [0.5, 0.6) is 11.5 Å². The van der Waals surface area contributed by atoms with Crippen LogP contribution in [0.25, 0.3) is 11.3 Å². The highest BCUT2D eigenvalue weighted by Gasteiger charge is 2.24. The van der Waals surface area contributed by atoms with E-state index in [2.05, 4.69) is 9.97 Å². The number of hydrogen-bond donors (Lipinski definition) is 0. The Hall–Kier alpha value is -4.94. The normalized spacial score (nSPS) is 13.3. The lowest BCUT2D eigenvalue weighted by molar-refractivity contribution is 0.0361. The van der Waals surface area contributed by atoms with E-state index < -0.39 is 38.3 Å². The maximum absolute atomic E-state index is 15.0. The number of nitrogens with zero attached hydrogens (tertiary/aromatic N) is 3. The molecular weight excluding hydrogens is 628 g/mol. The molecule has 9 nitrogen and oxygen atoms in total.